The monoisotopic (exact) mass is 535 g/mol. The fourth-order valence-electron chi connectivity index (χ4n) is 5.44. The number of halogens is 1. The maximum Gasteiger partial charge on any atom is 0.305 e. The number of hydrogen-bond donors (Lipinski definition) is 2. The smallest absolute Gasteiger partial charge is 0.305 e. The minimum atomic E-state index is -0.464. The SMILES string of the molecule is CCCCC[C@H](O)c1ccc(C2C(C/C=C/CCCC(=O)OCCN3CCOCC3)[C@H](Cl)C[C@H]2O)cc1. The summed E-state index contributed by atoms with van der Waals surface area (Å²) in [7, 11) is 0. The third kappa shape index (κ3) is 9.99. The van der Waals surface area contributed by atoms with Gasteiger partial charge >= 0.3 is 5.97 Å². The summed E-state index contributed by atoms with van der Waals surface area (Å²) in [5.74, 6) is -0.00124. The van der Waals surface area contributed by atoms with Crippen LogP contribution in [0, 0.1) is 5.92 Å². The summed E-state index contributed by atoms with van der Waals surface area (Å²) in [6, 6.07) is 8.07. The van der Waals surface area contributed by atoms with Crippen LogP contribution in [-0.4, -0.2) is 72.0 Å². The molecule has 7 heteroatoms. The number of benzene rings is 1. The molecule has 0 spiro atoms. The van der Waals surface area contributed by atoms with Crippen molar-refractivity contribution in [2.75, 3.05) is 39.5 Å². The number of ether oxygens (including phenoxy) is 2. The van der Waals surface area contributed by atoms with E-state index in [0.717, 1.165) is 88.9 Å². The van der Waals surface area contributed by atoms with Crippen LogP contribution in [0.4, 0.5) is 0 Å². The van der Waals surface area contributed by atoms with Crippen molar-refractivity contribution in [3.8, 4) is 0 Å². The van der Waals surface area contributed by atoms with Crippen molar-refractivity contribution in [2.24, 2.45) is 5.92 Å². The Hall–Kier alpha value is -1.44. The summed E-state index contributed by atoms with van der Waals surface area (Å²) in [6.45, 7) is 6.68. The molecular weight excluding hydrogens is 490 g/mol. The van der Waals surface area contributed by atoms with Crippen LogP contribution in [0.3, 0.4) is 0 Å². The zero-order valence-corrected chi connectivity index (χ0v) is 23.2. The second-order valence-corrected chi connectivity index (χ2v) is 11.0. The second-order valence-electron chi connectivity index (χ2n) is 10.5. The van der Waals surface area contributed by atoms with Gasteiger partial charge in [0.05, 0.1) is 25.4 Å². The van der Waals surface area contributed by atoms with Crippen molar-refractivity contribution in [1.29, 1.82) is 0 Å². The summed E-state index contributed by atoms with van der Waals surface area (Å²) >= 11 is 6.65. The molecule has 1 heterocycles. The molecule has 0 bridgehead atoms. The van der Waals surface area contributed by atoms with E-state index in [1.807, 2.05) is 24.3 Å². The highest BCUT2D eigenvalue weighted by Gasteiger charge is 2.41. The molecule has 208 valence electrons. The van der Waals surface area contributed by atoms with Crippen LogP contribution in [0.15, 0.2) is 36.4 Å². The van der Waals surface area contributed by atoms with E-state index in [2.05, 4.69) is 24.0 Å². The molecule has 1 aromatic rings. The molecule has 1 aliphatic heterocycles. The lowest BCUT2D eigenvalue weighted by Gasteiger charge is -2.26. The first-order valence-corrected chi connectivity index (χ1v) is 14.6. The molecule has 2 aliphatic rings. The van der Waals surface area contributed by atoms with Gasteiger partial charge in [0.1, 0.15) is 6.61 Å². The number of rotatable bonds is 15. The van der Waals surface area contributed by atoms with Gasteiger partial charge in [0.25, 0.3) is 0 Å². The van der Waals surface area contributed by atoms with E-state index in [0.29, 0.717) is 19.4 Å². The lowest BCUT2D eigenvalue weighted by atomic mass is 9.84. The number of alkyl halides is 1. The minimum Gasteiger partial charge on any atom is -0.464 e. The number of esters is 1. The van der Waals surface area contributed by atoms with Gasteiger partial charge in [-0.25, -0.2) is 0 Å². The Morgan fingerprint density at radius 1 is 1.19 bits per heavy atom. The van der Waals surface area contributed by atoms with Gasteiger partial charge in [-0.05, 0) is 49.1 Å². The number of aliphatic hydroxyl groups is 2. The van der Waals surface area contributed by atoms with Crippen LogP contribution >= 0.6 is 11.6 Å². The first-order chi connectivity index (χ1) is 18.0. The third-order valence-corrected chi connectivity index (χ3v) is 8.20. The number of morpholine rings is 1. The van der Waals surface area contributed by atoms with Gasteiger partial charge in [-0.1, -0.05) is 62.6 Å². The van der Waals surface area contributed by atoms with Gasteiger partial charge in [-0.15, -0.1) is 11.6 Å². The largest absolute Gasteiger partial charge is 0.464 e. The molecule has 3 rings (SSSR count). The van der Waals surface area contributed by atoms with Crippen molar-refractivity contribution in [3.63, 3.8) is 0 Å². The molecule has 5 atom stereocenters. The van der Waals surface area contributed by atoms with E-state index >= 15 is 0 Å². The molecule has 1 aromatic carbocycles. The highest BCUT2D eigenvalue weighted by molar-refractivity contribution is 6.21. The number of unbranched alkanes of at least 4 members (excludes halogenated alkanes) is 3. The summed E-state index contributed by atoms with van der Waals surface area (Å²) < 4.78 is 10.7. The van der Waals surface area contributed by atoms with Gasteiger partial charge in [0.15, 0.2) is 0 Å². The Kier molecular flexibility index (Phi) is 13.4. The van der Waals surface area contributed by atoms with Gasteiger partial charge in [0.2, 0.25) is 0 Å². The highest BCUT2D eigenvalue weighted by Crippen LogP contribution is 2.45. The summed E-state index contributed by atoms with van der Waals surface area (Å²) in [4.78, 5) is 14.2. The van der Waals surface area contributed by atoms with Gasteiger partial charge in [-0.3, -0.25) is 9.69 Å². The molecule has 0 radical (unpaired) electrons. The number of nitrogens with zero attached hydrogens (tertiary/aromatic N) is 1. The summed E-state index contributed by atoms with van der Waals surface area (Å²) in [5, 5.41) is 21.1. The van der Waals surface area contributed by atoms with E-state index in [9.17, 15) is 15.0 Å². The van der Waals surface area contributed by atoms with Gasteiger partial charge in [-0.2, -0.15) is 0 Å². The molecule has 1 saturated heterocycles. The zero-order chi connectivity index (χ0) is 26.5. The standard InChI is InChI=1S/C30H46ClNO5/c1-2-3-6-10-27(33)23-12-14-24(15-13-23)30-25(26(31)22-28(30)34)9-7-4-5-8-11-29(35)37-21-18-32-16-19-36-20-17-32/h4,7,12-15,25-28,30,33-34H,2-3,5-6,8-11,16-22H2,1H3/b7-4+/t25?,26-,27+,28-,30?/m1/s1. The van der Waals surface area contributed by atoms with Crippen molar-refractivity contribution in [1.82, 2.24) is 4.90 Å². The fourth-order valence-corrected chi connectivity index (χ4v) is 5.88. The van der Waals surface area contributed by atoms with E-state index in [4.69, 9.17) is 21.1 Å². The average Bonchev–Trinajstić information content (AvgIpc) is 3.19. The van der Waals surface area contributed by atoms with Crippen LogP contribution in [0.5, 0.6) is 0 Å². The number of carbonyl (C=O) groups excluding carboxylic acids is 1. The number of hydrogen-bond acceptors (Lipinski definition) is 6. The second kappa shape index (κ2) is 16.5. The number of allylic oxidation sites excluding steroid dienone is 2. The molecule has 6 nitrogen and oxygen atoms in total. The van der Waals surface area contributed by atoms with Crippen molar-refractivity contribution in [3.05, 3.63) is 47.5 Å². The Morgan fingerprint density at radius 2 is 1.95 bits per heavy atom. The third-order valence-electron chi connectivity index (χ3n) is 7.70. The van der Waals surface area contributed by atoms with Gasteiger partial charge in [0, 0.05) is 37.4 Å². The summed E-state index contributed by atoms with van der Waals surface area (Å²) in [6.07, 6.45) is 10.8. The Bertz CT molecular complexity index is 811. The van der Waals surface area contributed by atoms with E-state index in [1.54, 1.807) is 0 Å². The average molecular weight is 536 g/mol. The quantitative estimate of drug-likeness (QED) is 0.136. The number of carbonyl (C=O) groups is 1. The molecule has 0 aromatic heterocycles. The van der Waals surface area contributed by atoms with Crippen molar-refractivity contribution < 1.29 is 24.5 Å². The van der Waals surface area contributed by atoms with Crippen LogP contribution in [-0.2, 0) is 14.3 Å². The lowest BCUT2D eigenvalue weighted by molar-refractivity contribution is -0.144. The Labute approximate surface area is 228 Å². The Morgan fingerprint density at radius 3 is 2.68 bits per heavy atom. The molecule has 1 aliphatic carbocycles. The maximum atomic E-state index is 12.0. The molecule has 1 saturated carbocycles. The van der Waals surface area contributed by atoms with E-state index in [1.165, 1.54) is 0 Å². The maximum absolute atomic E-state index is 12.0. The zero-order valence-electron chi connectivity index (χ0n) is 22.4. The summed E-state index contributed by atoms with van der Waals surface area (Å²) in [5.41, 5.74) is 2.02. The predicted molar refractivity (Wildman–Crippen MR) is 148 cm³/mol. The lowest BCUT2D eigenvalue weighted by Crippen LogP contribution is -2.38. The predicted octanol–water partition coefficient (Wildman–Crippen LogP) is 5.36. The van der Waals surface area contributed by atoms with Crippen LogP contribution < -0.4 is 0 Å². The highest BCUT2D eigenvalue weighted by atomic mass is 35.5. The van der Waals surface area contributed by atoms with E-state index < -0.39 is 12.2 Å². The van der Waals surface area contributed by atoms with E-state index in [-0.39, 0.29) is 23.2 Å². The topological polar surface area (TPSA) is 79.2 Å². The Balaban J connectivity index is 1.38. The molecular formula is C30H46ClNO5. The van der Waals surface area contributed by atoms with Crippen LogP contribution in [0.1, 0.15) is 87.9 Å². The van der Waals surface area contributed by atoms with Gasteiger partial charge < -0.3 is 19.7 Å². The molecule has 0 amide bonds. The van der Waals surface area contributed by atoms with Crippen LogP contribution in [0.25, 0.3) is 0 Å². The normalized spacial score (nSPS) is 25.5. The molecule has 2 unspecified atom stereocenters. The van der Waals surface area contributed by atoms with Crippen molar-refractivity contribution in [2.45, 2.75) is 88.2 Å². The fraction of sp³-hybridized carbons (Fsp3) is 0.700. The minimum absolute atomic E-state index is 0.0140. The molecule has 2 N–H and O–H groups in total. The first-order valence-electron chi connectivity index (χ1n) is 14.2. The van der Waals surface area contributed by atoms with Crippen molar-refractivity contribution >= 4 is 17.6 Å². The first kappa shape index (κ1) is 30.1. The molecule has 2 fully saturated rings. The van der Waals surface area contributed by atoms with Crippen LogP contribution in [0.2, 0.25) is 0 Å². The molecule has 37 heavy (non-hydrogen) atoms. The number of aliphatic hydroxyl groups excluding tert-OH is 2.